The molecule has 1 amide bonds. The summed E-state index contributed by atoms with van der Waals surface area (Å²) in [4.78, 5) is 42.4. The topological polar surface area (TPSA) is 115 Å². The van der Waals surface area contributed by atoms with E-state index in [9.17, 15) is 18.8 Å². The van der Waals surface area contributed by atoms with Gasteiger partial charge in [0.2, 0.25) is 0 Å². The number of hydroxylamine groups is 1. The zero-order chi connectivity index (χ0) is 27.6. The van der Waals surface area contributed by atoms with Crippen molar-refractivity contribution in [2.24, 2.45) is 5.41 Å². The Morgan fingerprint density at radius 1 is 0.923 bits per heavy atom. The molecule has 0 atom stereocenters. The first kappa shape index (κ1) is 26.0. The lowest BCUT2D eigenvalue weighted by Crippen LogP contribution is -2.28. The fourth-order valence-corrected chi connectivity index (χ4v) is 4.60. The number of hydrogen-bond acceptors (Lipinski definition) is 7. The highest BCUT2D eigenvalue weighted by Crippen LogP contribution is 2.48. The largest absolute Gasteiger partial charge is 0.496 e. The average molecular weight is 529 g/mol. The number of carbonyl (C=O) groups is 3. The third-order valence-corrected chi connectivity index (χ3v) is 6.98. The molecule has 0 saturated heterocycles. The molecule has 0 radical (unpaired) electrons. The minimum absolute atomic E-state index is 0.103. The minimum Gasteiger partial charge on any atom is -0.496 e. The van der Waals surface area contributed by atoms with Gasteiger partial charge in [-0.3, -0.25) is 24.6 Å². The molecular formula is C30H25FN2O6. The number of benzene rings is 3. The molecular weight excluding hydrogens is 503 g/mol. The summed E-state index contributed by atoms with van der Waals surface area (Å²) >= 11 is 0. The molecule has 0 bridgehead atoms. The number of ether oxygens (including phenoxy) is 2. The van der Waals surface area contributed by atoms with Crippen LogP contribution < -0.4 is 15.0 Å². The van der Waals surface area contributed by atoms with E-state index in [2.05, 4.69) is 4.98 Å². The molecule has 0 spiro atoms. The van der Waals surface area contributed by atoms with Crippen molar-refractivity contribution in [2.45, 2.75) is 25.7 Å². The first-order valence-corrected chi connectivity index (χ1v) is 12.3. The van der Waals surface area contributed by atoms with E-state index < -0.39 is 11.3 Å². The first-order valence-electron chi connectivity index (χ1n) is 12.3. The smallest absolute Gasteiger partial charge is 0.278 e. The number of pyridine rings is 1. The van der Waals surface area contributed by atoms with Crippen LogP contribution in [0.2, 0.25) is 0 Å². The lowest BCUT2D eigenvalue weighted by atomic mass is 9.88. The summed E-state index contributed by atoms with van der Waals surface area (Å²) in [6.07, 6.45) is 2.85. The highest BCUT2D eigenvalue weighted by atomic mass is 19.1. The number of halogens is 1. The molecule has 3 aromatic carbocycles. The molecule has 0 unspecified atom stereocenters. The fourth-order valence-electron chi connectivity index (χ4n) is 4.60. The van der Waals surface area contributed by atoms with Crippen molar-refractivity contribution in [2.75, 3.05) is 7.11 Å². The Morgan fingerprint density at radius 2 is 1.54 bits per heavy atom. The van der Waals surface area contributed by atoms with E-state index in [4.69, 9.17) is 14.7 Å². The molecule has 1 aromatic heterocycles. The van der Waals surface area contributed by atoms with Gasteiger partial charge >= 0.3 is 0 Å². The Morgan fingerprint density at radius 3 is 2.10 bits per heavy atom. The lowest BCUT2D eigenvalue weighted by Gasteiger charge is -2.14. The molecule has 1 heterocycles. The number of nitrogens with zero attached hydrogens (tertiary/aromatic N) is 1. The van der Waals surface area contributed by atoms with Gasteiger partial charge in [0.15, 0.2) is 11.6 Å². The molecule has 1 saturated carbocycles. The second kappa shape index (κ2) is 10.6. The Kier molecular flexibility index (Phi) is 7.08. The van der Waals surface area contributed by atoms with Crippen molar-refractivity contribution in [3.05, 3.63) is 95.4 Å². The second-order valence-corrected chi connectivity index (χ2v) is 9.47. The van der Waals surface area contributed by atoms with E-state index in [1.165, 1.54) is 25.3 Å². The van der Waals surface area contributed by atoms with E-state index in [0.29, 0.717) is 40.8 Å². The van der Waals surface area contributed by atoms with Crippen LogP contribution in [-0.2, 0) is 22.4 Å². The van der Waals surface area contributed by atoms with Crippen LogP contribution in [-0.4, -0.2) is 34.8 Å². The number of methoxy groups -OCH3 is 1. The van der Waals surface area contributed by atoms with Crippen LogP contribution in [0.1, 0.15) is 34.3 Å². The van der Waals surface area contributed by atoms with Crippen LogP contribution in [0, 0.1) is 11.2 Å². The number of amides is 1. The summed E-state index contributed by atoms with van der Waals surface area (Å²) in [5, 5.41) is 9.61. The standard InChI is InChI=1S/C30H25FN2O6/c1-38-26-17-24-22(16-23(26)29(36)33-37)25(10-13-32-24)39-21-8-4-19(5-9-21)15-28(35)30(11-12-30)27(34)14-18-2-6-20(31)7-3-18/h2-10,13,16-17,37H,11-12,14-15H2,1H3,(H,33,36). The summed E-state index contributed by atoms with van der Waals surface area (Å²) in [6, 6.07) is 17.5. The van der Waals surface area contributed by atoms with Crippen LogP contribution in [0.15, 0.2) is 72.9 Å². The molecule has 9 heteroatoms. The normalized spacial score (nSPS) is 13.5. The van der Waals surface area contributed by atoms with Gasteiger partial charge in [-0.05, 0) is 60.4 Å². The summed E-state index contributed by atoms with van der Waals surface area (Å²) in [5.41, 5.74) is 2.73. The van der Waals surface area contributed by atoms with Crippen molar-refractivity contribution in [1.82, 2.24) is 10.5 Å². The Hall–Kier alpha value is -4.63. The van der Waals surface area contributed by atoms with Gasteiger partial charge in [-0.1, -0.05) is 24.3 Å². The molecule has 1 aliphatic carbocycles. The first-order chi connectivity index (χ1) is 18.8. The summed E-state index contributed by atoms with van der Waals surface area (Å²) in [7, 11) is 1.41. The minimum atomic E-state index is -0.959. The van der Waals surface area contributed by atoms with Gasteiger partial charge in [-0.15, -0.1) is 0 Å². The highest BCUT2D eigenvalue weighted by Gasteiger charge is 2.54. The zero-order valence-corrected chi connectivity index (χ0v) is 21.1. The third-order valence-electron chi connectivity index (χ3n) is 6.98. The SMILES string of the molecule is COc1cc2nccc(Oc3ccc(CC(=O)C4(C(=O)Cc5ccc(F)cc5)CC4)cc3)c2cc1C(=O)NO. The van der Waals surface area contributed by atoms with Crippen molar-refractivity contribution in [3.8, 4) is 17.2 Å². The third kappa shape index (κ3) is 5.35. The van der Waals surface area contributed by atoms with Crippen LogP contribution in [0.5, 0.6) is 17.2 Å². The number of rotatable bonds is 10. The average Bonchev–Trinajstić information content (AvgIpc) is 3.77. The van der Waals surface area contributed by atoms with Gasteiger partial charge in [0.25, 0.3) is 5.91 Å². The molecule has 1 fully saturated rings. The van der Waals surface area contributed by atoms with E-state index in [1.54, 1.807) is 60.2 Å². The lowest BCUT2D eigenvalue weighted by molar-refractivity contribution is -0.133. The molecule has 5 rings (SSSR count). The molecule has 198 valence electrons. The molecule has 2 N–H and O–H groups in total. The zero-order valence-electron chi connectivity index (χ0n) is 21.1. The second-order valence-electron chi connectivity index (χ2n) is 9.47. The maximum absolute atomic E-state index is 13.2. The summed E-state index contributed by atoms with van der Waals surface area (Å²) in [6.45, 7) is 0. The van der Waals surface area contributed by atoms with Gasteiger partial charge in [0.05, 0.1) is 23.6 Å². The van der Waals surface area contributed by atoms with E-state index >= 15 is 0 Å². The van der Waals surface area contributed by atoms with E-state index in [-0.39, 0.29) is 41.5 Å². The van der Waals surface area contributed by atoms with Crippen LogP contribution in [0.4, 0.5) is 4.39 Å². The maximum Gasteiger partial charge on any atom is 0.278 e. The van der Waals surface area contributed by atoms with Gasteiger partial charge < -0.3 is 9.47 Å². The van der Waals surface area contributed by atoms with Crippen LogP contribution in [0.3, 0.4) is 0 Å². The molecule has 8 nitrogen and oxygen atoms in total. The number of nitrogens with one attached hydrogen (secondary N) is 1. The molecule has 39 heavy (non-hydrogen) atoms. The van der Waals surface area contributed by atoms with E-state index in [0.717, 1.165) is 5.56 Å². The van der Waals surface area contributed by atoms with Gasteiger partial charge in [0, 0.05) is 30.5 Å². The van der Waals surface area contributed by atoms with Crippen LogP contribution >= 0.6 is 0 Å². The fraction of sp³-hybridized carbons (Fsp3) is 0.200. The number of ketones is 2. The van der Waals surface area contributed by atoms with Crippen LogP contribution in [0.25, 0.3) is 10.9 Å². The molecule has 1 aliphatic rings. The quantitative estimate of drug-likeness (QED) is 0.169. The van der Waals surface area contributed by atoms with Crippen molar-refractivity contribution in [1.29, 1.82) is 0 Å². The number of hydrogen-bond donors (Lipinski definition) is 2. The number of carbonyl (C=O) groups excluding carboxylic acids is 3. The Labute approximate surface area is 223 Å². The predicted octanol–water partition coefficient (Wildman–Crippen LogP) is 5.00. The van der Waals surface area contributed by atoms with Gasteiger partial charge in [0.1, 0.15) is 23.1 Å². The Balaban J connectivity index is 1.29. The monoisotopic (exact) mass is 528 g/mol. The predicted molar refractivity (Wildman–Crippen MR) is 140 cm³/mol. The van der Waals surface area contributed by atoms with E-state index in [1.807, 2.05) is 0 Å². The molecule has 4 aromatic rings. The summed E-state index contributed by atoms with van der Waals surface area (Å²) in [5.74, 6) is -0.175. The van der Waals surface area contributed by atoms with Crippen molar-refractivity contribution >= 4 is 28.4 Å². The van der Waals surface area contributed by atoms with Gasteiger partial charge in [-0.25, -0.2) is 9.87 Å². The van der Waals surface area contributed by atoms with Crippen molar-refractivity contribution in [3.63, 3.8) is 0 Å². The number of fused-ring (bicyclic) bond motifs is 1. The van der Waals surface area contributed by atoms with Gasteiger partial charge in [-0.2, -0.15) is 0 Å². The van der Waals surface area contributed by atoms with Crippen molar-refractivity contribution < 1.29 is 33.5 Å². The summed E-state index contributed by atoms with van der Waals surface area (Å²) < 4.78 is 24.5. The maximum atomic E-state index is 13.2. The number of aromatic nitrogens is 1. The molecule has 0 aliphatic heterocycles. The Bertz CT molecular complexity index is 1560. The highest BCUT2D eigenvalue weighted by molar-refractivity contribution is 6.11. The number of Topliss-reactive ketones (excluding diaryl/α,β-unsaturated/α-hetero) is 2.